The highest BCUT2D eigenvalue weighted by Gasteiger charge is 2.31. The van der Waals surface area contributed by atoms with E-state index in [2.05, 4.69) is 72.8 Å². The van der Waals surface area contributed by atoms with E-state index in [0.717, 1.165) is 144 Å². The van der Waals surface area contributed by atoms with Crippen LogP contribution in [0.15, 0.2) is 126 Å². The summed E-state index contributed by atoms with van der Waals surface area (Å²) in [7, 11) is 0. The Morgan fingerprint density at radius 2 is 0.817 bits per heavy atom. The fourth-order valence-electron chi connectivity index (χ4n) is 9.20. The lowest BCUT2D eigenvalue weighted by Gasteiger charge is -2.21. The van der Waals surface area contributed by atoms with Gasteiger partial charge < -0.3 is 61.3 Å². The van der Waals surface area contributed by atoms with Crippen LogP contribution >= 0.6 is 0 Å². The molecule has 6 aliphatic rings. The van der Waals surface area contributed by atoms with Crippen LogP contribution in [0.2, 0.25) is 0 Å². The van der Waals surface area contributed by atoms with Crippen molar-refractivity contribution < 1.29 is 61.3 Å². The second kappa shape index (κ2) is 18.1. The van der Waals surface area contributed by atoms with Gasteiger partial charge in [-0.1, -0.05) is 72.8 Å². The largest absolute Gasteiger partial charge is 0.491 e. The van der Waals surface area contributed by atoms with Gasteiger partial charge >= 0.3 is 0 Å². The standard InChI is InChI=1S/C32H30O8.C26H20O5/c1-2-4-26-25(3-1)30(39-17-23-14-36-23)10-28(32(26)40-18-24-15-37-24)31-27-9-20(33-11-21-12-34-21)7-5-19(27)6-8-29(31)38-16-22-13-35-22;1-2-4-20-19(3-1)24(30-14-18-13-29-18)10-22-25-21-9-16(27-11-17-12-28-17)7-5-15(21)6-8-23(25)31-26(20)22/h1-10,21-24H,11-18H2;1-10,17-18H,11-14H2. The predicted octanol–water partition coefficient (Wildman–Crippen LogP) is 10.2. The first-order chi connectivity index (χ1) is 35.1. The van der Waals surface area contributed by atoms with Crippen molar-refractivity contribution in [2.24, 2.45) is 0 Å². The highest BCUT2D eigenvalue weighted by Crippen LogP contribution is 2.49. The Morgan fingerprint density at radius 1 is 0.366 bits per heavy atom. The van der Waals surface area contributed by atoms with Crippen molar-refractivity contribution in [1.82, 2.24) is 0 Å². The molecule has 13 heteroatoms. The molecule has 6 saturated heterocycles. The molecule has 8 aromatic carbocycles. The zero-order valence-electron chi connectivity index (χ0n) is 38.8. The van der Waals surface area contributed by atoms with Crippen molar-refractivity contribution >= 4 is 65.0 Å². The minimum absolute atomic E-state index is 0.106. The number of furan rings is 1. The van der Waals surface area contributed by atoms with Crippen LogP contribution in [0, 0.1) is 0 Å². The Bertz CT molecular complexity index is 3470. The molecule has 15 rings (SSSR count). The Labute approximate surface area is 407 Å². The van der Waals surface area contributed by atoms with Gasteiger partial charge in [-0.05, 0) is 70.1 Å². The van der Waals surface area contributed by atoms with E-state index in [1.165, 1.54) is 0 Å². The second-order valence-electron chi connectivity index (χ2n) is 18.9. The van der Waals surface area contributed by atoms with Gasteiger partial charge in [0.1, 0.15) is 122 Å². The molecule has 360 valence electrons. The molecule has 0 spiro atoms. The molecule has 71 heavy (non-hydrogen) atoms. The lowest BCUT2D eigenvalue weighted by Crippen LogP contribution is -2.09. The average molecular weight is 955 g/mol. The quantitative estimate of drug-likeness (QED) is 0.0710. The molecule has 0 aliphatic carbocycles. The lowest BCUT2D eigenvalue weighted by molar-refractivity contribution is 0.260. The maximum atomic E-state index is 6.55. The molecule has 6 aliphatic heterocycles. The molecular weight excluding hydrogens is 905 g/mol. The van der Waals surface area contributed by atoms with Gasteiger partial charge in [0, 0.05) is 43.4 Å². The summed E-state index contributed by atoms with van der Waals surface area (Å²) in [5, 5.41) is 10.5. The molecule has 0 bridgehead atoms. The van der Waals surface area contributed by atoms with E-state index in [4.69, 9.17) is 61.3 Å². The van der Waals surface area contributed by atoms with Crippen LogP contribution in [0.4, 0.5) is 0 Å². The summed E-state index contributed by atoms with van der Waals surface area (Å²) in [5.41, 5.74) is 3.56. The number of ether oxygens (including phenoxy) is 12. The molecule has 6 fully saturated rings. The minimum atomic E-state index is 0.106. The Kier molecular flexibility index (Phi) is 11.0. The van der Waals surface area contributed by atoms with Crippen molar-refractivity contribution in [2.45, 2.75) is 36.6 Å². The molecule has 0 radical (unpaired) electrons. The van der Waals surface area contributed by atoms with Crippen LogP contribution in [0.1, 0.15) is 0 Å². The van der Waals surface area contributed by atoms with Gasteiger partial charge in [0.25, 0.3) is 0 Å². The van der Waals surface area contributed by atoms with E-state index in [-0.39, 0.29) is 36.6 Å². The normalized spacial score (nSPS) is 22.3. The summed E-state index contributed by atoms with van der Waals surface area (Å²) in [6, 6.07) is 41.2. The van der Waals surface area contributed by atoms with Crippen LogP contribution in [-0.4, -0.2) is 116 Å². The van der Waals surface area contributed by atoms with E-state index in [1.807, 2.05) is 48.5 Å². The van der Waals surface area contributed by atoms with E-state index >= 15 is 0 Å². The molecule has 1 aromatic heterocycles. The van der Waals surface area contributed by atoms with Crippen molar-refractivity contribution in [2.75, 3.05) is 79.3 Å². The first-order valence-corrected chi connectivity index (χ1v) is 24.5. The lowest BCUT2D eigenvalue weighted by atomic mass is 9.93. The number of rotatable bonds is 19. The van der Waals surface area contributed by atoms with Gasteiger partial charge in [0.2, 0.25) is 0 Å². The summed E-state index contributed by atoms with van der Waals surface area (Å²) < 4.78 is 76.2. The van der Waals surface area contributed by atoms with Crippen LogP contribution in [0.25, 0.3) is 76.2 Å². The first-order valence-electron chi connectivity index (χ1n) is 24.5. The fourth-order valence-corrected chi connectivity index (χ4v) is 9.20. The van der Waals surface area contributed by atoms with E-state index in [0.29, 0.717) is 46.2 Å². The molecule has 13 nitrogen and oxygen atoms in total. The maximum absolute atomic E-state index is 6.55. The molecule has 6 unspecified atom stereocenters. The molecule has 9 aromatic rings. The summed E-state index contributed by atoms with van der Waals surface area (Å²) in [5.74, 6) is 4.79. The van der Waals surface area contributed by atoms with Gasteiger partial charge in [-0.3, -0.25) is 0 Å². The molecule has 7 heterocycles. The van der Waals surface area contributed by atoms with Crippen LogP contribution in [0.5, 0.6) is 34.5 Å². The minimum Gasteiger partial charge on any atom is -0.491 e. The maximum Gasteiger partial charge on any atom is 0.143 e. The summed E-state index contributed by atoms with van der Waals surface area (Å²) in [4.78, 5) is 0. The zero-order chi connectivity index (χ0) is 46.8. The monoisotopic (exact) mass is 954 g/mol. The average Bonchev–Trinajstić information content (AvgIpc) is 4.19. The first kappa shape index (κ1) is 43.0. The number of hydrogen-bond donors (Lipinski definition) is 0. The Balaban J connectivity index is 0.000000137. The third kappa shape index (κ3) is 9.33. The van der Waals surface area contributed by atoms with E-state index in [1.54, 1.807) is 0 Å². The van der Waals surface area contributed by atoms with Crippen molar-refractivity contribution in [1.29, 1.82) is 0 Å². The fraction of sp³-hybridized carbons (Fsp3) is 0.310. The van der Waals surface area contributed by atoms with Gasteiger partial charge in [-0.2, -0.15) is 0 Å². The van der Waals surface area contributed by atoms with Gasteiger partial charge in [0.15, 0.2) is 0 Å². The molecule has 0 amide bonds. The highest BCUT2D eigenvalue weighted by atomic mass is 16.6. The predicted molar refractivity (Wildman–Crippen MR) is 267 cm³/mol. The number of benzene rings is 8. The SMILES string of the molecule is c1ccc2c(OCC3CO3)c(-c3c(OCC4CO4)ccc4ccc(OCC5CO5)cc34)cc(OCC3CO3)c2c1.c1ccc2c(c1)c(OCC1CO1)cc1c2oc2ccc3ccc(OCC4CO4)cc3c21. The summed E-state index contributed by atoms with van der Waals surface area (Å²) >= 11 is 0. The molecule has 0 saturated carbocycles. The summed E-state index contributed by atoms with van der Waals surface area (Å²) in [6.45, 7) is 7.59. The van der Waals surface area contributed by atoms with Gasteiger partial charge in [-0.15, -0.1) is 0 Å². The third-order valence-electron chi connectivity index (χ3n) is 13.5. The summed E-state index contributed by atoms with van der Waals surface area (Å²) in [6.07, 6.45) is 0.955. The zero-order valence-corrected chi connectivity index (χ0v) is 38.8. The van der Waals surface area contributed by atoms with Gasteiger partial charge in [0.05, 0.1) is 39.6 Å². The second-order valence-corrected chi connectivity index (χ2v) is 18.9. The van der Waals surface area contributed by atoms with Crippen molar-refractivity contribution in [3.8, 4) is 45.6 Å². The number of fused-ring (bicyclic) bond motifs is 9. The molecule has 0 N–H and O–H groups in total. The smallest absolute Gasteiger partial charge is 0.143 e. The number of epoxide rings is 6. The third-order valence-corrected chi connectivity index (χ3v) is 13.5. The van der Waals surface area contributed by atoms with Crippen LogP contribution in [-0.2, 0) is 28.4 Å². The van der Waals surface area contributed by atoms with E-state index in [9.17, 15) is 0 Å². The van der Waals surface area contributed by atoms with Crippen LogP contribution in [0.3, 0.4) is 0 Å². The van der Waals surface area contributed by atoms with Crippen molar-refractivity contribution in [3.05, 3.63) is 121 Å². The van der Waals surface area contributed by atoms with Crippen LogP contribution < -0.4 is 28.4 Å². The Hall–Kier alpha value is -6.84. The molecule has 6 atom stereocenters. The van der Waals surface area contributed by atoms with Gasteiger partial charge in [-0.25, -0.2) is 0 Å². The Morgan fingerprint density at radius 3 is 1.41 bits per heavy atom. The van der Waals surface area contributed by atoms with Crippen molar-refractivity contribution in [3.63, 3.8) is 0 Å². The number of hydrogen-bond acceptors (Lipinski definition) is 13. The van der Waals surface area contributed by atoms with E-state index < -0.39 is 0 Å². The highest BCUT2D eigenvalue weighted by molar-refractivity contribution is 6.24. The topological polar surface area (TPSA) is 144 Å². The molecular formula is C58H50O13.